The van der Waals surface area contributed by atoms with Crippen molar-refractivity contribution in [3.63, 3.8) is 0 Å². The van der Waals surface area contributed by atoms with Gasteiger partial charge in [0.25, 0.3) is 5.91 Å². The van der Waals surface area contributed by atoms with E-state index in [1.165, 1.54) is 0 Å². The van der Waals surface area contributed by atoms with Crippen LogP contribution in [0.25, 0.3) is 11.4 Å². The maximum Gasteiger partial charge on any atom is 0.254 e. The molecule has 7 heteroatoms. The van der Waals surface area contributed by atoms with Crippen molar-refractivity contribution >= 4 is 11.7 Å². The molecule has 4 rings (SSSR count). The van der Waals surface area contributed by atoms with Crippen LogP contribution in [0.4, 0.5) is 5.82 Å². The Labute approximate surface area is 176 Å². The van der Waals surface area contributed by atoms with Crippen molar-refractivity contribution < 1.29 is 4.79 Å². The molecular weight excluding hydrogens is 376 g/mol. The van der Waals surface area contributed by atoms with Crippen molar-refractivity contribution in [3.8, 4) is 11.4 Å². The molecule has 0 bridgehead atoms. The average Bonchev–Trinajstić information content (AvgIpc) is 2.83. The first kappa shape index (κ1) is 20.0. The van der Waals surface area contributed by atoms with E-state index in [1.54, 1.807) is 12.4 Å². The molecule has 1 aliphatic rings. The number of amides is 1. The number of aromatic nitrogens is 3. The third-order valence-corrected chi connectivity index (χ3v) is 5.35. The number of likely N-dealkylation sites (N-methyl/N-ethyl adjacent to an activating group) is 1. The minimum absolute atomic E-state index is 0.200. The fourth-order valence-electron chi connectivity index (χ4n) is 3.47. The van der Waals surface area contributed by atoms with Gasteiger partial charge in [-0.2, -0.15) is 0 Å². The minimum atomic E-state index is -0.200. The molecule has 154 valence electrons. The van der Waals surface area contributed by atoms with Crippen LogP contribution in [-0.2, 0) is 6.54 Å². The van der Waals surface area contributed by atoms with Crippen molar-refractivity contribution in [2.24, 2.45) is 0 Å². The highest BCUT2D eigenvalue weighted by Crippen LogP contribution is 2.15. The zero-order chi connectivity index (χ0) is 20.8. The van der Waals surface area contributed by atoms with E-state index in [2.05, 4.69) is 37.0 Å². The smallest absolute Gasteiger partial charge is 0.254 e. The topological polar surface area (TPSA) is 74.2 Å². The number of hydrogen-bond acceptors (Lipinski definition) is 6. The lowest BCUT2D eigenvalue weighted by Crippen LogP contribution is -2.46. The van der Waals surface area contributed by atoms with Crippen LogP contribution in [-0.4, -0.2) is 58.5 Å². The molecule has 7 nitrogen and oxygen atoms in total. The Morgan fingerprint density at radius 1 is 0.933 bits per heavy atom. The number of nitrogens with one attached hydrogen (secondary N) is 1. The third kappa shape index (κ3) is 4.80. The normalized spacial score (nSPS) is 14.5. The molecule has 1 fully saturated rings. The highest BCUT2D eigenvalue weighted by molar-refractivity contribution is 5.93. The van der Waals surface area contributed by atoms with Gasteiger partial charge >= 0.3 is 0 Å². The Morgan fingerprint density at radius 3 is 2.30 bits per heavy atom. The fraction of sp³-hybridized carbons (Fsp3) is 0.304. The van der Waals surface area contributed by atoms with Crippen LogP contribution < -0.4 is 10.2 Å². The van der Waals surface area contributed by atoms with Crippen LogP contribution in [0.1, 0.15) is 22.8 Å². The molecule has 1 saturated heterocycles. The highest BCUT2D eigenvalue weighted by atomic mass is 16.1. The monoisotopic (exact) mass is 402 g/mol. The summed E-state index contributed by atoms with van der Waals surface area (Å²) in [6, 6.07) is 13.7. The molecule has 3 heterocycles. The lowest BCUT2D eigenvalue weighted by molar-refractivity contribution is 0.0950. The van der Waals surface area contributed by atoms with Crippen LogP contribution >= 0.6 is 0 Å². The van der Waals surface area contributed by atoms with Gasteiger partial charge < -0.3 is 15.1 Å². The van der Waals surface area contributed by atoms with Gasteiger partial charge in [0.15, 0.2) is 5.82 Å². The second-order valence-electron chi connectivity index (χ2n) is 7.29. The van der Waals surface area contributed by atoms with Gasteiger partial charge in [-0.3, -0.25) is 4.79 Å². The van der Waals surface area contributed by atoms with E-state index < -0.39 is 0 Å². The molecule has 0 aliphatic carbocycles. The molecule has 3 aromatic rings. The lowest BCUT2D eigenvalue weighted by atomic mass is 10.2. The van der Waals surface area contributed by atoms with E-state index in [-0.39, 0.29) is 5.91 Å². The molecule has 1 N–H and O–H groups in total. The van der Waals surface area contributed by atoms with Crippen LogP contribution in [0.3, 0.4) is 0 Å². The summed E-state index contributed by atoms with van der Waals surface area (Å²) in [5.41, 5.74) is 2.32. The summed E-state index contributed by atoms with van der Waals surface area (Å²) >= 11 is 0. The number of nitrogens with zero attached hydrogens (tertiary/aromatic N) is 5. The fourth-order valence-corrected chi connectivity index (χ4v) is 3.47. The summed E-state index contributed by atoms with van der Waals surface area (Å²) in [7, 11) is 0. The summed E-state index contributed by atoms with van der Waals surface area (Å²) in [4.78, 5) is 30.4. The van der Waals surface area contributed by atoms with Gasteiger partial charge in [0.05, 0.1) is 5.56 Å². The Hall–Kier alpha value is -3.32. The molecule has 0 spiro atoms. The van der Waals surface area contributed by atoms with Crippen LogP contribution in [0.2, 0.25) is 0 Å². The third-order valence-electron chi connectivity index (χ3n) is 5.35. The van der Waals surface area contributed by atoms with Crippen molar-refractivity contribution in [1.82, 2.24) is 25.2 Å². The van der Waals surface area contributed by atoms with Crippen molar-refractivity contribution in [1.29, 1.82) is 0 Å². The van der Waals surface area contributed by atoms with Gasteiger partial charge in [-0.15, -0.1) is 0 Å². The Morgan fingerprint density at radius 2 is 1.67 bits per heavy atom. The summed E-state index contributed by atoms with van der Waals surface area (Å²) in [6.07, 6.45) is 4.95. The second kappa shape index (κ2) is 9.45. The first-order chi connectivity index (χ1) is 14.7. The van der Waals surface area contributed by atoms with Crippen LogP contribution in [0, 0.1) is 0 Å². The number of carbonyl (C=O) groups is 1. The average molecular weight is 403 g/mol. The van der Waals surface area contributed by atoms with Gasteiger partial charge in [-0.05, 0) is 18.2 Å². The number of carbonyl (C=O) groups excluding carboxylic acids is 1. The van der Waals surface area contributed by atoms with E-state index in [9.17, 15) is 4.79 Å². The Kier molecular flexibility index (Phi) is 6.29. The molecule has 0 radical (unpaired) electrons. The van der Waals surface area contributed by atoms with Crippen LogP contribution in [0.5, 0.6) is 0 Å². The number of hydrogen-bond donors (Lipinski definition) is 1. The number of benzene rings is 1. The van der Waals surface area contributed by atoms with Gasteiger partial charge in [-0.1, -0.05) is 43.3 Å². The summed E-state index contributed by atoms with van der Waals surface area (Å²) in [5.74, 6) is 1.40. The summed E-state index contributed by atoms with van der Waals surface area (Å²) in [6.45, 7) is 7.84. The second-order valence-corrected chi connectivity index (χ2v) is 7.29. The maximum absolute atomic E-state index is 12.4. The quantitative estimate of drug-likeness (QED) is 0.683. The van der Waals surface area contributed by atoms with Crippen molar-refractivity contribution in [2.45, 2.75) is 13.5 Å². The largest absolute Gasteiger partial charge is 0.354 e. The molecule has 0 atom stereocenters. The van der Waals surface area contributed by atoms with Crippen LogP contribution in [0.15, 0.2) is 61.1 Å². The highest BCUT2D eigenvalue weighted by Gasteiger charge is 2.16. The predicted octanol–water partition coefficient (Wildman–Crippen LogP) is 2.61. The molecule has 1 aliphatic heterocycles. The summed E-state index contributed by atoms with van der Waals surface area (Å²) in [5, 5.41) is 2.91. The van der Waals surface area contributed by atoms with E-state index in [0.717, 1.165) is 49.7 Å². The molecule has 2 aromatic heterocycles. The minimum Gasteiger partial charge on any atom is -0.354 e. The van der Waals surface area contributed by atoms with E-state index >= 15 is 0 Å². The number of rotatable bonds is 6. The predicted molar refractivity (Wildman–Crippen MR) is 117 cm³/mol. The number of piperazine rings is 1. The van der Waals surface area contributed by atoms with E-state index in [4.69, 9.17) is 0 Å². The summed E-state index contributed by atoms with van der Waals surface area (Å²) < 4.78 is 0. The lowest BCUT2D eigenvalue weighted by Gasteiger charge is -2.34. The molecule has 30 heavy (non-hydrogen) atoms. The maximum atomic E-state index is 12.4. The zero-order valence-electron chi connectivity index (χ0n) is 17.2. The molecule has 0 saturated carbocycles. The van der Waals surface area contributed by atoms with Gasteiger partial charge in [0.1, 0.15) is 5.82 Å². The van der Waals surface area contributed by atoms with Gasteiger partial charge in [0, 0.05) is 56.9 Å². The standard InChI is InChI=1S/C23H26N6O/c1-2-28-10-12-29(13-11-28)21-9-8-18(14-24-21)15-27-23(30)20-16-25-22(26-17-20)19-6-4-3-5-7-19/h3-9,14,16-17H,2,10-13,15H2,1H3,(H,27,30). The van der Waals surface area contributed by atoms with E-state index in [0.29, 0.717) is 17.9 Å². The van der Waals surface area contributed by atoms with E-state index in [1.807, 2.05) is 48.7 Å². The Balaban J connectivity index is 1.30. The molecule has 0 unspecified atom stereocenters. The number of pyridine rings is 1. The molecule has 1 amide bonds. The first-order valence-corrected chi connectivity index (χ1v) is 10.3. The first-order valence-electron chi connectivity index (χ1n) is 10.3. The van der Waals surface area contributed by atoms with Gasteiger partial charge in [-0.25, -0.2) is 15.0 Å². The van der Waals surface area contributed by atoms with Crippen molar-refractivity contribution in [2.75, 3.05) is 37.6 Å². The number of anilines is 1. The molecular formula is C23H26N6O. The van der Waals surface area contributed by atoms with Gasteiger partial charge in [0.2, 0.25) is 0 Å². The Bertz CT molecular complexity index is 951. The zero-order valence-corrected chi connectivity index (χ0v) is 17.2. The van der Waals surface area contributed by atoms with Crippen molar-refractivity contribution in [3.05, 3.63) is 72.2 Å². The SMILES string of the molecule is CCN1CCN(c2ccc(CNC(=O)c3cnc(-c4ccccc4)nc3)cn2)CC1. The molecule has 1 aromatic carbocycles.